The van der Waals surface area contributed by atoms with Crippen molar-refractivity contribution in [3.05, 3.63) is 104 Å². The Kier molecular flexibility index (Phi) is 12.0. The van der Waals surface area contributed by atoms with Crippen LogP contribution in [0.1, 0.15) is 30.4 Å². The Morgan fingerprint density at radius 3 is 2.45 bits per heavy atom. The highest BCUT2D eigenvalue weighted by atomic mass is 35.5. The lowest BCUT2D eigenvalue weighted by Gasteiger charge is -2.24. The molecule has 3 aromatic heterocycles. The molecule has 0 spiro atoms. The van der Waals surface area contributed by atoms with Crippen LogP contribution >= 0.6 is 23.2 Å². The maximum Gasteiger partial charge on any atom is 0.407 e. The summed E-state index contributed by atoms with van der Waals surface area (Å²) in [7, 11) is 1.30. The topological polar surface area (TPSA) is 201 Å². The molecule has 1 aliphatic heterocycles. The number of hydrogen-bond acceptors (Lipinski definition) is 9. The van der Waals surface area contributed by atoms with Crippen molar-refractivity contribution >= 4 is 46.8 Å². The fourth-order valence-corrected chi connectivity index (χ4v) is 7.09. The number of primary amides is 1. The van der Waals surface area contributed by atoms with Crippen LogP contribution in [0.4, 0.5) is 9.18 Å². The van der Waals surface area contributed by atoms with E-state index < -0.39 is 23.9 Å². The quantitative estimate of drug-likeness (QED) is 0.106. The number of aromatic nitrogens is 3. The van der Waals surface area contributed by atoms with Gasteiger partial charge in [0.1, 0.15) is 11.5 Å². The molecular formula is C38H36Cl2FN7O7. The van der Waals surface area contributed by atoms with Crippen LogP contribution in [-0.2, 0) is 22.7 Å². The first-order valence-electron chi connectivity index (χ1n) is 17.1. The number of carboxylic acid groups (broad SMARTS) is 1. The van der Waals surface area contributed by atoms with Gasteiger partial charge in [0.25, 0.3) is 5.56 Å². The zero-order valence-corrected chi connectivity index (χ0v) is 30.9. The van der Waals surface area contributed by atoms with Crippen molar-refractivity contribution in [3.63, 3.8) is 0 Å². The van der Waals surface area contributed by atoms with Gasteiger partial charge in [-0.05, 0) is 24.1 Å². The van der Waals surface area contributed by atoms with Gasteiger partial charge in [0, 0.05) is 78.4 Å². The first-order valence-corrected chi connectivity index (χ1v) is 17.9. The molecule has 0 radical (unpaired) electrons. The molecule has 2 aromatic carbocycles. The van der Waals surface area contributed by atoms with E-state index in [-0.39, 0.29) is 72.3 Å². The molecule has 17 heteroatoms. The third-order valence-corrected chi connectivity index (χ3v) is 9.97. The normalized spacial score (nSPS) is 14.5. The standard InChI is InChI=1S/C38H36Cl2FN7O7/c1-55-36-28(19-47(38(53)54)18-22-8-9-33(51)45-22)29(41)14-30(46-36)27-7-3-6-26(35(27)40)25-5-2-4-24(34(25)39)20-10-11-48-32(12-20)44-16-21(37(48)52)15-43-17-23(49)13-31(42)50/h2-7,10-12,14,16,22-23,43,49H,8-9,13,15,17-19H2,1H3,(H2,42,50)(H,45,51)(H,53,54)/t22-,23?/m0/s1. The van der Waals surface area contributed by atoms with Gasteiger partial charge in [0.15, 0.2) is 0 Å². The van der Waals surface area contributed by atoms with E-state index in [0.717, 1.165) is 11.0 Å². The number of benzene rings is 2. The summed E-state index contributed by atoms with van der Waals surface area (Å²) in [6.07, 6.45) is 1.32. The van der Waals surface area contributed by atoms with Gasteiger partial charge in [-0.15, -0.1) is 0 Å². The number of ether oxygens (including phenoxy) is 1. The highest BCUT2D eigenvalue weighted by Gasteiger charge is 2.28. The zero-order chi connectivity index (χ0) is 39.4. The Balaban J connectivity index is 1.26. The minimum atomic E-state index is -1.29. The zero-order valence-electron chi connectivity index (χ0n) is 29.4. The molecule has 6 rings (SSSR count). The lowest BCUT2D eigenvalue weighted by Crippen LogP contribution is -2.41. The number of fused-ring (bicyclic) bond motifs is 1. The van der Waals surface area contributed by atoms with Crippen molar-refractivity contribution < 1.29 is 33.7 Å². The number of halogens is 3. The second-order valence-corrected chi connectivity index (χ2v) is 13.7. The van der Waals surface area contributed by atoms with Crippen molar-refractivity contribution in [2.45, 2.75) is 44.5 Å². The van der Waals surface area contributed by atoms with Crippen LogP contribution in [0.15, 0.2) is 71.8 Å². The van der Waals surface area contributed by atoms with Crippen molar-refractivity contribution in [2.24, 2.45) is 5.73 Å². The van der Waals surface area contributed by atoms with Crippen LogP contribution in [0, 0.1) is 5.82 Å². The van der Waals surface area contributed by atoms with Crippen molar-refractivity contribution in [3.8, 4) is 39.4 Å². The highest BCUT2D eigenvalue weighted by Crippen LogP contribution is 2.42. The monoisotopic (exact) mass is 791 g/mol. The van der Waals surface area contributed by atoms with Crippen molar-refractivity contribution in [1.29, 1.82) is 0 Å². The van der Waals surface area contributed by atoms with E-state index in [1.807, 2.05) is 6.07 Å². The lowest BCUT2D eigenvalue weighted by atomic mass is 9.97. The van der Waals surface area contributed by atoms with Crippen LogP contribution in [0.25, 0.3) is 39.2 Å². The van der Waals surface area contributed by atoms with Gasteiger partial charge in [-0.1, -0.05) is 59.6 Å². The minimum Gasteiger partial charge on any atom is -0.481 e. The summed E-state index contributed by atoms with van der Waals surface area (Å²) in [6, 6.07) is 14.8. The number of methoxy groups -OCH3 is 1. The van der Waals surface area contributed by atoms with Crippen LogP contribution in [0.3, 0.4) is 0 Å². The lowest BCUT2D eigenvalue weighted by molar-refractivity contribution is -0.120. The number of aliphatic hydroxyl groups excluding tert-OH is 1. The second kappa shape index (κ2) is 16.8. The fourth-order valence-electron chi connectivity index (χ4n) is 6.43. The molecule has 0 bridgehead atoms. The molecule has 1 aliphatic rings. The van der Waals surface area contributed by atoms with Gasteiger partial charge in [-0.25, -0.2) is 19.2 Å². The Labute approximate surface area is 323 Å². The van der Waals surface area contributed by atoms with E-state index in [9.17, 15) is 29.4 Å². The smallest absolute Gasteiger partial charge is 0.407 e. The van der Waals surface area contributed by atoms with Gasteiger partial charge in [0.05, 0.1) is 47.5 Å². The molecule has 6 N–H and O–H groups in total. The number of nitrogens with zero attached hydrogens (tertiary/aromatic N) is 4. The molecule has 14 nitrogen and oxygen atoms in total. The minimum absolute atomic E-state index is 0.0275. The van der Waals surface area contributed by atoms with Gasteiger partial charge in [-0.3, -0.25) is 18.8 Å². The van der Waals surface area contributed by atoms with Crippen LogP contribution in [0.5, 0.6) is 5.88 Å². The molecule has 1 unspecified atom stereocenters. The molecule has 0 aliphatic carbocycles. The van der Waals surface area contributed by atoms with E-state index >= 15 is 4.39 Å². The van der Waals surface area contributed by atoms with E-state index in [1.54, 1.807) is 48.7 Å². The predicted octanol–water partition coefficient (Wildman–Crippen LogP) is 4.63. The summed E-state index contributed by atoms with van der Waals surface area (Å²) in [5, 5.41) is 25.9. The summed E-state index contributed by atoms with van der Waals surface area (Å²) >= 11 is 14.0. The maximum absolute atomic E-state index is 15.8. The van der Waals surface area contributed by atoms with Crippen LogP contribution < -0.4 is 26.7 Å². The number of aliphatic hydroxyl groups is 1. The van der Waals surface area contributed by atoms with Gasteiger partial charge in [0.2, 0.25) is 17.7 Å². The molecule has 1 fully saturated rings. The summed E-state index contributed by atoms with van der Waals surface area (Å²) in [4.78, 5) is 57.8. The van der Waals surface area contributed by atoms with Crippen LogP contribution in [-0.4, -0.2) is 79.7 Å². The number of hydrogen-bond donors (Lipinski definition) is 5. The number of amides is 3. The second-order valence-electron chi connectivity index (χ2n) is 13.0. The number of carbonyl (C=O) groups is 3. The van der Waals surface area contributed by atoms with Gasteiger partial charge < -0.3 is 36.2 Å². The largest absolute Gasteiger partial charge is 0.481 e. The average Bonchev–Trinajstić information content (AvgIpc) is 3.56. The predicted molar refractivity (Wildman–Crippen MR) is 203 cm³/mol. The third-order valence-electron chi connectivity index (χ3n) is 9.16. The van der Waals surface area contributed by atoms with Gasteiger partial charge in [-0.2, -0.15) is 0 Å². The number of carbonyl (C=O) groups excluding carboxylic acids is 2. The Bertz CT molecular complexity index is 2360. The molecule has 5 aromatic rings. The third kappa shape index (κ3) is 8.70. The first-order chi connectivity index (χ1) is 26.3. The number of nitrogens with one attached hydrogen (secondary N) is 2. The molecule has 55 heavy (non-hydrogen) atoms. The Morgan fingerprint density at radius 1 is 1.11 bits per heavy atom. The number of nitrogens with two attached hydrogens (primary N) is 1. The molecule has 286 valence electrons. The van der Waals surface area contributed by atoms with Crippen molar-refractivity contribution in [2.75, 3.05) is 20.2 Å². The molecule has 1 saturated heterocycles. The molecule has 4 heterocycles. The Hall–Kier alpha value is -5.61. The maximum atomic E-state index is 15.8. The van der Waals surface area contributed by atoms with Gasteiger partial charge >= 0.3 is 6.09 Å². The Morgan fingerprint density at radius 2 is 1.80 bits per heavy atom. The summed E-state index contributed by atoms with van der Waals surface area (Å²) in [6.45, 7) is -0.204. The average molecular weight is 793 g/mol. The molecule has 2 atom stereocenters. The molecular weight excluding hydrogens is 756 g/mol. The molecule has 0 saturated carbocycles. The highest BCUT2D eigenvalue weighted by molar-refractivity contribution is 6.39. The SMILES string of the molecule is COc1nc(-c2cccc(-c3cccc(-c4ccn5c(=O)c(CNCC(O)CC(N)=O)cnc5c4)c3Cl)c2Cl)cc(F)c1CN(C[C@@H]1CCC(=O)N1)C(=O)O. The number of pyridine rings is 2. The van der Waals surface area contributed by atoms with E-state index in [1.165, 1.54) is 17.7 Å². The molecule has 3 amide bonds. The van der Waals surface area contributed by atoms with Crippen molar-refractivity contribution in [1.82, 2.24) is 29.9 Å². The summed E-state index contributed by atoms with van der Waals surface area (Å²) in [5.41, 5.74) is 8.34. The van der Waals surface area contributed by atoms with Crippen LogP contribution in [0.2, 0.25) is 10.0 Å². The summed E-state index contributed by atoms with van der Waals surface area (Å²) in [5.74, 6) is -1.67. The van der Waals surface area contributed by atoms with E-state index in [0.29, 0.717) is 56.9 Å². The van der Waals surface area contributed by atoms with E-state index in [2.05, 4.69) is 20.6 Å². The first kappa shape index (κ1) is 39.1. The van der Waals surface area contributed by atoms with E-state index in [4.69, 9.17) is 33.7 Å². The fraction of sp³-hybridized carbons (Fsp3) is 0.263. The summed E-state index contributed by atoms with van der Waals surface area (Å²) < 4.78 is 22.6. The number of rotatable bonds is 14.